The number of likely N-dealkylation sites (N-methyl/N-ethyl adjacent to an activating group) is 1. The van der Waals surface area contributed by atoms with Gasteiger partial charge in [0.1, 0.15) is 6.04 Å². The molecular weight excluding hydrogens is 284 g/mol. The topological polar surface area (TPSA) is 87.5 Å². The summed E-state index contributed by atoms with van der Waals surface area (Å²) in [5.41, 5.74) is 0.567. The normalized spacial score (nSPS) is 18.7. The zero-order valence-corrected chi connectivity index (χ0v) is 11.7. The molecule has 0 radical (unpaired) electrons. The monoisotopic (exact) mass is 298 g/mol. The van der Waals surface area contributed by atoms with Gasteiger partial charge in [0, 0.05) is 38.8 Å². The average Bonchev–Trinajstić information content (AvgIpc) is 2.46. The number of halogens is 1. The zero-order valence-electron chi connectivity index (χ0n) is 10.9. The Morgan fingerprint density at radius 1 is 1.60 bits per heavy atom. The number of nitro groups is 1. The quantitative estimate of drug-likeness (QED) is 0.636. The lowest BCUT2D eigenvalue weighted by molar-refractivity contribution is -0.384. The summed E-state index contributed by atoms with van der Waals surface area (Å²) in [6.45, 7) is 1.84. The molecule has 2 N–H and O–H groups in total. The van der Waals surface area contributed by atoms with E-state index in [-0.39, 0.29) is 22.7 Å². The molecule has 108 valence electrons. The van der Waals surface area contributed by atoms with Crippen molar-refractivity contribution in [1.29, 1.82) is 0 Å². The highest BCUT2D eigenvalue weighted by atomic mass is 35.5. The second-order valence-corrected chi connectivity index (χ2v) is 4.83. The molecule has 7 nitrogen and oxygen atoms in total. The molecule has 0 saturated carbocycles. The molecule has 2 rings (SSSR count). The van der Waals surface area contributed by atoms with Crippen LogP contribution in [0.2, 0.25) is 5.02 Å². The van der Waals surface area contributed by atoms with Gasteiger partial charge in [-0.05, 0) is 6.07 Å². The number of non-ortho nitro benzene ring substituents is 1. The zero-order chi connectivity index (χ0) is 14.7. The predicted octanol–water partition coefficient (Wildman–Crippen LogP) is 0.772. The SMILES string of the molecule is CNC(=O)C1CNCCN1c1ccc([N+](=O)[O-])cc1Cl. The third-order valence-electron chi connectivity index (χ3n) is 3.24. The average molecular weight is 299 g/mol. The smallest absolute Gasteiger partial charge is 0.271 e. The van der Waals surface area contributed by atoms with Gasteiger partial charge in [-0.2, -0.15) is 0 Å². The van der Waals surface area contributed by atoms with Crippen molar-refractivity contribution >= 4 is 28.9 Å². The number of hydrogen-bond donors (Lipinski definition) is 2. The molecule has 1 aliphatic heterocycles. The minimum Gasteiger partial charge on any atom is -0.357 e. The van der Waals surface area contributed by atoms with Gasteiger partial charge in [0.05, 0.1) is 15.6 Å². The fourth-order valence-electron chi connectivity index (χ4n) is 2.24. The first-order valence-electron chi connectivity index (χ1n) is 6.17. The van der Waals surface area contributed by atoms with Gasteiger partial charge in [-0.25, -0.2) is 0 Å². The van der Waals surface area contributed by atoms with Gasteiger partial charge in [-0.3, -0.25) is 14.9 Å². The fourth-order valence-corrected chi connectivity index (χ4v) is 2.52. The van der Waals surface area contributed by atoms with E-state index in [1.807, 2.05) is 4.90 Å². The molecule has 1 saturated heterocycles. The molecule has 1 amide bonds. The number of nitrogens with zero attached hydrogens (tertiary/aromatic N) is 2. The van der Waals surface area contributed by atoms with E-state index in [4.69, 9.17) is 11.6 Å². The minimum atomic E-state index is -0.496. The van der Waals surface area contributed by atoms with Gasteiger partial charge in [-0.15, -0.1) is 0 Å². The second kappa shape index (κ2) is 6.06. The molecule has 0 aliphatic carbocycles. The Bertz CT molecular complexity index is 537. The van der Waals surface area contributed by atoms with Crippen LogP contribution in [0.4, 0.5) is 11.4 Å². The van der Waals surface area contributed by atoms with Crippen molar-refractivity contribution in [3.63, 3.8) is 0 Å². The number of carbonyl (C=O) groups excluding carboxylic acids is 1. The standard InChI is InChI=1S/C12H15ClN4O3/c1-14-12(18)11-7-15-4-5-16(11)10-3-2-8(17(19)20)6-9(10)13/h2-3,6,11,15H,4-5,7H2,1H3,(H,14,18). The van der Waals surface area contributed by atoms with Gasteiger partial charge in [0.15, 0.2) is 0 Å². The number of rotatable bonds is 3. The van der Waals surface area contributed by atoms with Crippen molar-refractivity contribution in [3.8, 4) is 0 Å². The number of amides is 1. The van der Waals surface area contributed by atoms with Crippen LogP contribution in [0.3, 0.4) is 0 Å². The van der Waals surface area contributed by atoms with Crippen LogP contribution in [0.15, 0.2) is 18.2 Å². The molecule has 20 heavy (non-hydrogen) atoms. The summed E-state index contributed by atoms with van der Waals surface area (Å²) in [5.74, 6) is -0.119. The Balaban J connectivity index is 2.32. The Morgan fingerprint density at radius 3 is 2.95 bits per heavy atom. The Kier molecular flexibility index (Phi) is 4.41. The number of anilines is 1. The molecule has 8 heteroatoms. The van der Waals surface area contributed by atoms with E-state index in [1.165, 1.54) is 12.1 Å². The molecule has 0 bridgehead atoms. The largest absolute Gasteiger partial charge is 0.357 e. The molecule has 1 aromatic rings. The maximum Gasteiger partial charge on any atom is 0.271 e. The second-order valence-electron chi connectivity index (χ2n) is 4.42. The van der Waals surface area contributed by atoms with Gasteiger partial charge in [-0.1, -0.05) is 11.6 Å². The fraction of sp³-hybridized carbons (Fsp3) is 0.417. The molecule has 1 fully saturated rings. The first kappa shape index (κ1) is 14.5. The molecule has 1 aromatic carbocycles. The maximum absolute atomic E-state index is 11.9. The van der Waals surface area contributed by atoms with Crippen molar-refractivity contribution in [2.45, 2.75) is 6.04 Å². The van der Waals surface area contributed by atoms with Crippen LogP contribution in [0, 0.1) is 10.1 Å². The number of nitrogens with one attached hydrogen (secondary N) is 2. The molecule has 1 unspecified atom stereocenters. The molecule has 0 aromatic heterocycles. The van der Waals surface area contributed by atoms with E-state index in [1.54, 1.807) is 13.1 Å². The van der Waals surface area contributed by atoms with Crippen LogP contribution in [-0.2, 0) is 4.79 Å². The van der Waals surface area contributed by atoms with Crippen LogP contribution in [0.5, 0.6) is 0 Å². The summed E-state index contributed by atoms with van der Waals surface area (Å²) in [4.78, 5) is 24.0. The predicted molar refractivity (Wildman–Crippen MR) is 76.2 cm³/mol. The highest BCUT2D eigenvalue weighted by Crippen LogP contribution is 2.31. The van der Waals surface area contributed by atoms with E-state index in [0.29, 0.717) is 18.8 Å². The van der Waals surface area contributed by atoms with E-state index in [9.17, 15) is 14.9 Å². The van der Waals surface area contributed by atoms with E-state index < -0.39 is 4.92 Å². The van der Waals surface area contributed by atoms with Gasteiger partial charge in [0.2, 0.25) is 5.91 Å². The number of carbonyl (C=O) groups is 1. The summed E-state index contributed by atoms with van der Waals surface area (Å²) < 4.78 is 0. The highest BCUT2D eigenvalue weighted by molar-refractivity contribution is 6.33. The third-order valence-corrected chi connectivity index (χ3v) is 3.55. The summed E-state index contributed by atoms with van der Waals surface area (Å²) >= 11 is 6.12. The van der Waals surface area contributed by atoms with Gasteiger partial charge >= 0.3 is 0 Å². The molecule has 1 heterocycles. The van der Waals surface area contributed by atoms with Crippen molar-refractivity contribution < 1.29 is 9.72 Å². The van der Waals surface area contributed by atoms with Crippen LogP contribution >= 0.6 is 11.6 Å². The highest BCUT2D eigenvalue weighted by Gasteiger charge is 2.29. The van der Waals surface area contributed by atoms with Crippen LogP contribution in [0.1, 0.15) is 0 Å². The van der Waals surface area contributed by atoms with Crippen LogP contribution < -0.4 is 15.5 Å². The summed E-state index contributed by atoms with van der Waals surface area (Å²) in [6.07, 6.45) is 0. The van der Waals surface area contributed by atoms with Crippen LogP contribution in [0.25, 0.3) is 0 Å². The Labute approximate surface area is 121 Å². The van der Waals surface area contributed by atoms with Crippen molar-refractivity contribution in [1.82, 2.24) is 10.6 Å². The first-order valence-corrected chi connectivity index (χ1v) is 6.55. The third kappa shape index (κ3) is 2.83. The van der Waals surface area contributed by atoms with Crippen molar-refractivity contribution in [2.24, 2.45) is 0 Å². The molecule has 0 spiro atoms. The van der Waals surface area contributed by atoms with E-state index >= 15 is 0 Å². The van der Waals surface area contributed by atoms with Crippen LogP contribution in [-0.4, -0.2) is 43.6 Å². The van der Waals surface area contributed by atoms with Crippen molar-refractivity contribution in [2.75, 3.05) is 31.6 Å². The van der Waals surface area contributed by atoms with Gasteiger partial charge in [0.25, 0.3) is 5.69 Å². The molecule has 1 aliphatic rings. The summed E-state index contributed by atoms with van der Waals surface area (Å²) in [7, 11) is 1.58. The maximum atomic E-state index is 11.9. The summed E-state index contributed by atoms with van der Waals surface area (Å²) in [6, 6.07) is 3.90. The number of hydrogen-bond acceptors (Lipinski definition) is 5. The number of piperazine rings is 1. The van der Waals surface area contributed by atoms with Gasteiger partial charge < -0.3 is 15.5 Å². The lowest BCUT2D eigenvalue weighted by Crippen LogP contribution is -2.57. The molecule has 1 atom stereocenters. The summed E-state index contributed by atoms with van der Waals surface area (Å²) in [5, 5.41) is 16.7. The van der Waals surface area contributed by atoms with Crippen molar-refractivity contribution in [3.05, 3.63) is 33.3 Å². The van der Waals surface area contributed by atoms with E-state index in [0.717, 1.165) is 6.54 Å². The Morgan fingerprint density at radius 2 is 2.35 bits per heavy atom. The first-order chi connectivity index (χ1) is 9.54. The van der Waals surface area contributed by atoms with E-state index in [2.05, 4.69) is 10.6 Å². The molecular formula is C12H15ClN4O3. The number of benzene rings is 1. The number of nitro benzene ring substituents is 1. The lowest BCUT2D eigenvalue weighted by Gasteiger charge is -2.37. The lowest BCUT2D eigenvalue weighted by atomic mass is 10.1. The minimum absolute atomic E-state index is 0.0645. The Hall–Kier alpha value is -1.86.